The Balaban J connectivity index is 0.632. The second kappa shape index (κ2) is 32.8. The van der Waals surface area contributed by atoms with E-state index in [-0.39, 0.29) is 164 Å². The van der Waals surface area contributed by atoms with Crippen LogP contribution in [-0.4, -0.2) is 218 Å². The van der Waals surface area contributed by atoms with E-state index in [2.05, 4.69) is 30.7 Å². The summed E-state index contributed by atoms with van der Waals surface area (Å²) in [5, 5.41) is 16.7. The predicted octanol–water partition coefficient (Wildman–Crippen LogP) is 3.92. The molecule has 11 aliphatic rings. The van der Waals surface area contributed by atoms with Gasteiger partial charge in [0.15, 0.2) is 17.4 Å². The van der Waals surface area contributed by atoms with Gasteiger partial charge in [-0.15, -0.1) is 0 Å². The van der Waals surface area contributed by atoms with Crippen molar-refractivity contribution in [1.82, 2.24) is 15.5 Å². The number of nitrogens with zero attached hydrogens (tertiary/aromatic N) is 1. The van der Waals surface area contributed by atoms with E-state index in [9.17, 15) is 48.3 Å². The van der Waals surface area contributed by atoms with Crippen molar-refractivity contribution in [3.8, 4) is 0 Å². The van der Waals surface area contributed by atoms with E-state index in [1.165, 1.54) is 26.0 Å². The maximum atomic E-state index is 14.5. The van der Waals surface area contributed by atoms with Gasteiger partial charge in [-0.1, -0.05) is 51.3 Å². The molecule has 26 heteroatoms. The van der Waals surface area contributed by atoms with E-state index in [0.717, 1.165) is 48.2 Å². The van der Waals surface area contributed by atoms with E-state index < -0.39 is 120 Å². The number of methoxy groups -OCH3 is 1. The van der Waals surface area contributed by atoms with Crippen LogP contribution in [0.1, 0.15) is 147 Å². The average molecular weight is 1370 g/mol. The summed E-state index contributed by atoms with van der Waals surface area (Å²) >= 11 is 0. The van der Waals surface area contributed by atoms with Crippen molar-refractivity contribution >= 4 is 52.9 Å². The summed E-state index contributed by atoms with van der Waals surface area (Å²) in [6.07, 6.45) is 2.89. The van der Waals surface area contributed by atoms with Crippen LogP contribution in [0.15, 0.2) is 60.7 Å². The molecule has 1 aromatic carbocycles. The Morgan fingerprint density at radius 1 is 0.714 bits per heavy atom. The number of fused-ring (bicyclic) bond motifs is 6. The van der Waals surface area contributed by atoms with Crippen LogP contribution in [0.4, 0.5) is 0 Å². The van der Waals surface area contributed by atoms with Crippen molar-refractivity contribution < 1.29 is 105 Å². The molecule has 0 saturated carbocycles. The highest BCUT2D eigenvalue weighted by atomic mass is 16.8. The lowest BCUT2D eigenvalue weighted by Crippen LogP contribution is -2.61. The summed E-state index contributed by atoms with van der Waals surface area (Å²) in [6, 6.07) is 4.42. The Bertz CT molecular complexity index is 3120. The van der Waals surface area contributed by atoms with Crippen LogP contribution in [-0.2, 0) is 113 Å². The molecule has 22 atom stereocenters. The quantitative estimate of drug-likeness (QED) is 0.0400. The highest BCUT2D eigenvalue weighted by Gasteiger charge is 2.69. The zero-order valence-electron chi connectivity index (χ0n) is 56.7. The van der Waals surface area contributed by atoms with Crippen LogP contribution in [0.5, 0.6) is 0 Å². The number of nitrogens with two attached hydrogens (primary N) is 1. The Morgan fingerprint density at radius 2 is 1.41 bits per heavy atom. The van der Waals surface area contributed by atoms with Gasteiger partial charge in [0.2, 0.25) is 17.7 Å². The number of ketones is 3. The van der Waals surface area contributed by atoms with Gasteiger partial charge in [0.05, 0.1) is 119 Å². The highest BCUT2D eigenvalue weighted by Crippen LogP contribution is 2.55. The van der Waals surface area contributed by atoms with E-state index in [1.807, 2.05) is 0 Å². The van der Waals surface area contributed by atoms with Crippen LogP contribution in [0.2, 0.25) is 0 Å². The lowest BCUT2D eigenvalue weighted by Gasteiger charge is -2.47. The Labute approximate surface area is 571 Å². The van der Waals surface area contributed by atoms with Gasteiger partial charge in [-0.3, -0.25) is 48.1 Å². The van der Waals surface area contributed by atoms with Gasteiger partial charge in [-0.25, -0.2) is 0 Å². The van der Waals surface area contributed by atoms with Gasteiger partial charge in [0, 0.05) is 95.3 Å². The fourth-order valence-electron chi connectivity index (χ4n) is 15.9. The summed E-state index contributed by atoms with van der Waals surface area (Å²) < 4.78 is 77.2. The van der Waals surface area contributed by atoms with Gasteiger partial charge in [0.1, 0.15) is 42.9 Å². The number of Topliss-reactive ketones (excluding diaryl/α,β-unsaturated/α-hetero) is 3. The third-order valence-electron chi connectivity index (χ3n) is 21.3. The topological polar surface area (TPSA) is 338 Å². The minimum Gasteiger partial charge on any atom is -0.461 e. The predicted molar refractivity (Wildman–Crippen MR) is 346 cm³/mol. The number of benzene rings is 1. The molecule has 26 nitrogen and oxygen atoms in total. The van der Waals surface area contributed by atoms with Crippen molar-refractivity contribution in [1.29, 1.82) is 0 Å². The van der Waals surface area contributed by atoms with Gasteiger partial charge in [0.25, 0.3) is 11.8 Å². The Morgan fingerprint density at radius 3 is 2.16 bits per heavy atom. The van der Waals surface area contributed by atoms with Crippen LogP contribution >= 0.6 is 0 Å². The van der Waals surface area contributed by atoms with Crippen molar-refractivity contribution in [3.05, 3.63) is 71.8 Å². The second-order valence-corrected chi connectivity index (χ2v) is 28.6. The van der Waals surface area contributed by atoms with E-state index in [4.69, 9.17) is 62.6 Å². The van der Waals surface area contributed by atoms with Crippen molar-refractivity contribution in [2.24, 2.45) is 23.5 Å². The number of primary amides is 1. The minimum atomic E-state index is -1.29. The summed E-state index contributed by atoms with van der Waals surface area (Å²) in [4.78, 5) is 117. The van der Waals surface area contributed by atoms with Crippen LogP contribution in [0.3, 0.4) is 0 Å². The number of hydrogen-bond acceptors (Lipinski definition) is 22. The number of ether oxygens (including phenoxy) is 12. The number of hydrogen-bond donors (Lipinski definition) is 4. The van der Waals surface area contributed by atoms with E-state index in [0.29, 0.717) is 43.2 Å². The fraction of sp³-hybridized carbons (Fsp3) is 0.708. The van der Waals surface area contributed by atoms with Crippen LogP contribution < -0.4 is 16.4 Å². The molecule has 0 radical (unpaired) electrons. The maximum absolute atomic E-state index is 14.5. The number of amides is 5. The molecule has 10 saturated heterocycles. The first-order chi connectivity index (χ1) is 47.0. The maximum Gasteiger partial charge on any atom is 0.306 e. The van der Waals surface area contributed by atoms with E-state index in [1.54, 1.807) is 31.4 Å². The number of rotatable bonds is 28. The molecule has 98 heavy (non-hydrogen) atoms. The molecular weight excluding hydrogens is 1270 g/mol. The summed E-state index contributed by atoms with van der Waals surface area (Å²) in [5.41, 5.74) is 8.68. The molecule has 12 bridgehead atoms. The third kappa shape index (κ3) is 18.0. The van der Waals surface area contributed by atoms with Crippen molar-refractivity contribution in [2.45, 2.75) is 265 Å². The summed E-state index contributed by atoms with van der Waals surface area (Å²) in [5.74, 6) is -6.31. The number of aliphatic hydroxyl groups is 1. The lowest BCUT2D eigenvalue weighted by atomic mass is 9.81. The Hall–Kier alpha value is -6.01. The number of esters is 1. The first kappa shape index (κ1) is 73.2. The number of carbonyl (C=O) groups excluding carboxylic acids is 9. The molecule has 11 heterocycles. The number of nitrogens with one attached hydrogen (secondary N) is 2. The standard InChI is InChI=1S/C72H98N4O22/c1-38-27-47-12-14-54-39(2)28-49(91-54)19-21-72-36-59-67(97-72)68-69(96-59)70(98-72)66-55(95-68)15-13-48(93-66)31-46(78)32-50-57(35-56(92-47)41(38)4)94-58(65(50)87-6)33-45(77)11-18-64(85)90-37-44-9-7-43(8-10-44)30-53(80)51(34-60(73)81)75-71(86)40(3)29-52(79)42(5)74-61(82)20-23-88-25-26-89-24-22-76-62(83)16-17-63(76)84/h7-10,16-17,38,40,42,45,47-51,54-59,65-70,77H,2,4,11-15,18-37H2,1,3,5-6H3,(H2,73,81)(H,74,82)(H,75,86)/t38-,40-,42+,45-,47?,48?,49?,50+,51+,54+,55+,56-,57+,58?,59?,65-,66+,67?,68+,69-,70+,72+/m1/s1. The SMILES string of the molecule is C=C1CC2CC[C@@]34CC5O[C@H]6[C@@H](O3)[C@H]3OC(CC[C@@H]3O[C@H]6C5O4)CC(=O)C[C@H]3[C@H](C[C@H]4OC(CC[C@@H]1O2)C[C@@H](C)C4=C)OC(C[C@H](O)CCC(=O)OCc1ccc(CC(=O)[C@H](CC(N)=O)NC(=O)[C@H](C)CC(=O)[C@H](C)NC(=O)CCOCCOCCN2C(=O)C=CC2=O)cc1)[C@@H]3OC. The average Bonchev–Trinajstić information content (AvgIpc) is 1.55. The van der Waals surface area contributed by atoms with Crippen molar-refractivity contribution in [2.75, 3.05) is 40.1 Å². The molecule has 5 N–H and O–H groups in total. The van der Waals surface area contributed by atoms with Gasteiger partial charge >= 0.3 is 5.97 Å². The summed E-state index contributed by atoms with van der Waals surface area (Å²) in [7, 11) is 1.59. The zero-order chi connectivity index (χ0) is 69.5. The highest BCUT2D eigenvalue weighted by molar-refractivity contribution is 6.12. The smallest absolute Gasteiger partial charge is 0.306 e. The van der Waals surface area contributed by atoms with Crippen LogP contribution in [0, 0.1) is 17.8 Å². The summed E-state index contributed by atoms with van der Waals surface area (Å²) in [6.45, 7) is 14.6. The molecule has 10 fully saturated rings. The van der Waals surface area contributed by atoms with Gasteiger partial charge in [-0.2, -0.15) is 0 Å². The van der Waals surface area contributed by atoms with Gasteiger partial charge < -0.3 is 78.3 Å². The molecule has 11 aliphatic heterocycles. The van der Waals surface area contributed by atoms with Crippen LogP contribution in [0.25, 0.3) is 0 Å². The normalized spacial score (nSPS) is 34.7. The zero-order valence-corrected chi connectivity index (χ0v) is 56.7. The molecule has 5 amide bonds. The molecule has 0 aromatic heterocycles. The second-order valence-electron chi connectivity index (χ2n) is 28.6. The molecule has 1 aromatic rings. The molecule has 12 rings (SSSR count). The van der Waals surface area contributed by atoms with Gasteiger partial charge in [-0.05, 0) is 86.5 Å². The monoisotopic (exact) mass is 1370 g/mol. The fourth-order valence-corrected chi connectivity index (χ4v) is 15.9. The molecule has 1 spiro atoms. The first-order valence-corrected chi connectivity index (χ1v) is 35.2. The minimum absolute atomic E-state index is 0.00159. The number of carbonyl (C=O) groups is 9. The largest absolute Gasteiger partial charge is 0.461 e. The first-order valence-electron chi connectivity index (χ1n) is 35.2. The molecule has 538 valence electrons. The lowest BCUT2D eigenvalue weighted by molar-refractivity contribution is -0.292. The molecule has 6 unspecified atom stereocenters. The molecular formula is C72H98N4O22. The molecule has 0 aliphatic carbocycles. The third-order valence-corrected chi connectivity index (χ3v) is 21.3. The number of aliphatic hydroxyl groups excluding tert-OH is 1. The number of imide groups is 1. The van der Waals surface area contributed by atoms with Crippen molar-refractivity contribution in [3.63, 3.8) is 0 Å². The Kier molecular flexibility index (Phi) is 24.5. The van der Waals surface area contributed by atoms with E-state index >= 15 is 0 Å².